The van der Waals surface area contributed by atoms with Crippen molar-refractivity contribution in [3.8, 4) is 5.75 Å². The first-order valence-corrected chi connectivity index (χ1v) is 9.26. The maximum absolute atomic E-state index is 12.4. The molecule has 0 radical (unpaired) electrons. The monoisotopic (exact) mass is 381 g/mol. The van der Waals surface area contributed by atoms with Crippen LogP contribution in [-0.4, -0.2) is 49.1 Å². The first-order valence-electron chi connectivity index (χ1n) is 8.88. The largest absolute Gasteiger partial charge is 0.496 e. The summed E-state index contributed by atoms with van der Waals surface area (Å²) >= 11 is 5.98. The van der Waals surface area contributed by atoms with E-state index in [2.05, 4.69) is 10.6 Å². The van der Waals surface area contributed by atoms with Gasteiger partial charge in [0.15, 0.2) is 0 Å². The number of methoxy groups -OCH3 is 1. The second kappa shape index (κ2) is 8.62. The van der Waals surface area contributed by atoms with Gasteiger partial charge in [-0.05, 0) is 57.7 Å². The predicted octanol–water partition coefficient (Wildman–Crippen LogP) is 3.30. The lowest BCUT2D eigenvalue weighted by atomic mass is 9.96. The lowest BCUT2D eigenvalue weighted by Gasteiger charge is -2.34. The van der Waals surface area contributed by atoms with Gasteiger partial charge in [-0.2, -0.15) is 0 Å². The van der Waals surface area contributed by atoms with Gasteiger partial charge in [0.1, 0.15) is 5.75 Å². The van der Waals surface area contributed by atoms with Crippen LogP contribution in [0.25, 0.3) is 0 Å². The highest BCUT2D eigenvalue weighted by atomic mass is 35.5. The van der Waals surface area contributed by atoms with Crippen molar-refractivity contribution in [2.24, 2.45) is 5.92 Å². The highest BCUT2D eigenvalue weighted by Gasteiger charge is 2.25. The SMILES string of the molecule is COc1ccc(Cl)cc1C(=O)NCC1CCN(C(=O)NC(C)(C)C)CC1. The van der Waals surface area contributed by atoms with E-state index >= 15 is 0 Å². The van der Waals surface area contributed by atoms with Crippen LogP contribution >= 0.6 is 11.6 Å². The summed E-state index contributed by atoms with van der Waals surface area (Å²) in [4.78, 5) is 26.5. The zero-order chi connectivity index (χ0) is 19.3. The molecule has 1 heterocycles. The van der Waals surface area contributed by atoms with E-state index in [4.69, 9.17) is 16.3 Å². The van der Waals surface area contributed by atoms with Crippen LogP contribution in [-0.2, 0) is 0 Å². The molecule has 6 nitrogen and oxygen atoms in total. The third-order valence-electron chi connectivity index (χ3n) is 4.34. The summed E-state index contributed by atoms with van der Waals surface area (Å²) < 4.78 is 5.22. The Bertz CT molecular complexity index is 650. The Morgan fingerprint density at radius 1 is 1.27 bits per heavy atom. The predicted molar refractivity (Wildman–Crippen MR) is 103 cm³/mol. The van der Waals surface area contributed by atoms with Crippen molar-refractivity contribution in [1.29, 1.82) is 0 Å². The molecule has 0 aromatic heterocycles. The Kier molecular flexibility index (Phi) is 6.75. The minimum Gasteiger partial charge on any atom is -0.496 e. The maximum Gasteiger partial charge on any atom is 0.317 e. The van der Waals surface area contributed by atoms with E-state index in [9.17, 15) is 9.59 Å². The van der Waals surface area contributed by atoms with E-state index in [1.807, 2.05) is 25.7 Å². The van der Waals surface area contributed by atoms with E-state index in [0.29, 0.717) is 41.9 Å². The number of likely N-dealkylation sites (tertiary alicyclic amines) is 1. The summed E-state index contributed by atoms with van der Waals surface area (Å²) in [6.07, 6.45) is 1.73. The molecule has 1 aromatic carbocycles. The second-order valence-electron chi connectivity index (χ2n) is 7.67. The Morgan fingerprint density at radius 3 is 2.50 bits per heavy atom. The number of hydrogen-bond donors (Lipinski definition) is 2. The van der Waals surface area contributed by atoms with Crippen molar-refractivity contribution in [3.63, 3.8) is 0 Å². The van der Waals surface area contributed by atoms with Crippen molar-refractivity contribution in [2.75, 3.05) is 26.7 Å². The third-order valence-corrected chi connectivity index (χ3v) is 4.58. The Hall–Kier alpha value is -1.95. The number of carbonyl (C=O) groups excluding carboxylic acids is 2. The van der Waals surface area contributed by atoms with E-state index in [1.54, 1.807) is 18.2 Å². The molecule has 3 amide bonds. The zero-order valence-electron chi connectivity index (χ0n) is 15.9. The minimum atomic E-state index is -0.238. The first-order chi connectivity index (χ1) is 12.2. The molecule has 26 heavy (non-hydrogen) atoms. The van der Waals surface area contributed by atoms with Gasteiger partial charge in [-0.1, -0.05) is 11.6 Å². The number of ether oxygens (including phenoxy) is 1. The summed E-state index contributed by atoms with van der Waals surface area (Å²) in [5.74, 6) is 0.653. The van der Waals surface area contributed by atoms with Gasteiger partial charge in [-0.25, -0.2) is 4.79 Å². The minimum absolute atomic E-state index is 0.0244. The first kappa shape index (κ1) is 20.4. The molecule has 1 aliphatic heterocycles. The molecule has 1 aliphatic rings. The van der Waals surface area contributed by atoms with Gasteiger partial charge in [0.2, 0.25) is 0 Å². The van der Waals surface area contributed by atoms with Gasteiger partial charge in [0.25, 0.3) is 5.91 Å². The van der Waals surface area contributed by atoms with E-state index < -0.39 is 0 Å². The van der Waals surface area contributed by atoms with Crippen molar-refractivity contribution < 1.29 is 14.3 Å². The number of nitrogens with zero attached hydrogens (tertiary/aromatic N) is 1. The average molecular weight is 382 g/mol. The number of rotatable bonds is 4. The number of piperidine rings is 1. The third kappa shape index (κ3) is 5.80. The van der Waals surface area contributed by atoms with Crippen molar-refractivity contribution in [3.05, 3.63) is 28.8 Å². The maximum atomic E-state index is 12.4. The number of urea groups is 1. The van der Waals surface area contributed by atoms with Crippen LogP contribution in [0.1, 0.15) is 44.0 Å². The van der Waals surface area contributed by atoms with Gasteiger partial charge < -0.3 is 20.3 Å². The van der Waals surface area contributed by atoms with Crippen LogP contribution in [0.2, 0.25) is 5.02 Å². The quantitative estimate of drug-likeness (QED) is 0.840. The lowest BCUT2D eigenvalue weighted by Crippen LogP contribution is -2.51. The zero-order valence-corrected chi connectivity index (χ0v) is 16.7. The van der Waals surface area contributed by atoms with Crippen molar-refractivity contribution in [1.82, 2.24) is 15.5 Å². The summed E-state index contributed by atoms with van der Waals surface area (Å²) in [7, 11) is 1.53. The molecule has 2 N–H and O–H groups in total. The average Bonchev–Trinajstić information content (AvgIpc) is 2.58. The number of nitrogens with one attached hydrogen (secondary N) is 2. The Balaban J connectivity index is 1.82. The highest BCUT2D eigenvalue weighted by molar-refractivity contribution is 6.31. The van der Waals surface area contributed by atoms with E-state index in [0.717, 1.165) is 12.8 Å². The van der Waals surface area contributed by atoms with Gasteiger partial charge in [-0.15, -0.1) is 0 Å². The normalized spacial score (nSPS) is 15.5. The van der Waals surface area contributed by atoms with Gasteiger partial charge in [-0.3, -0.25) is 4.79 Å². The molecule has 0 unspecified atom stereocenters. The molecule has 0 atom stereocenters. The molecule has 0 saturated carbocycles. The molecule has 2 rings (SSSR count). The fraction of sp³-hybridized carbons (Fsp3) is 0.579. The number of amides is 3. The van der Waals surface area contributed by atoms with Crippen LogP contribution in [0.3, 0.4) is 0 Å². The number of carbonyl (C=O) groups is 2. The van der Waals surface area contributed by atoms with Gasteiger partial charge >= 0.3 is 6.03 Å². The molecule has 1 saturated heterocycles. The lowest BCUT2D eigenvalue weighted by molar-refractivity contribution is 0.0934. The van der Waals surface area contributed by atoms with Gasteiger partial charge in [0.05, 0.1) is 12.7 Å². The molecule has 0 aliphatic carbocycles. The van der Waals surface area contributed by atoms with Crippen LogP contribution < -0.4 is 15.4 Å². The van der Waals surface area contributed by atoms with Crippen LogP contribution in [0, 0.1) is 5.92 Å². The van der Waals surface area contributed by atoms with Crippen LogP contribution in [0.15, 0.2) is 18.2 Å². The summed E-state index contributed by atoms with van der Waals surface area (Å²) in [6.45, 7) is 7.88. The van der Waals surface area contributed by atoms with Gasteiger partial charge in [0, 0.05) is 30.2 Å². The van der Waals surface area contributed by atoms with Crippen molar-refractivity contribution in [2.45, 2.75) is 39.2 Å². The second-order valence-corrected chi connectivity index (χ2v) is 8.10. The molecule has 0 bridgehead atoms. The fourth-order valence-corrected chi connectivity index (χ4v) is 3.10. The molecular weight excluding hydrogens is 354 g/mol. The Labute approximate surface area is 160 Å². The number of hydrogen-bond acceptors (Lipinski definition) is 3. The summed E-state index contributed by atoms with van der Waals surface area (Å²) in [6, 6.07) is 4.96. The highest BCUT2D eigenvalue weighted by Crippen LogP contribution is 2.23. The van der Waals surface area contributed by atoms with E-state index in [1.165, 1.54) is 7.11 Å². The topological polar surface area (TPSA) is 70.7 Å². The molecule has 1 aromatic rings. The number of benzene rings is 1. The molecule has 0 spiro atoms. The summed E-state index contributed by atoms with van der Waals surface area (Å²) in [5.41, 5.74) is 0.194. The molecule has 7 heteroatoms. The standard InChI is InChI=1S/C19H28ClN3O3/c1-19(2,3)22-18(25)23-9-7-13(8-10-23)12-21-17(24)15-11-14(20)5-6-16(15)26-4/h5-6,11,13H,7-10,12H2,1-4H3,(H,21,24)(H,22,25). The molecule has 144 valence electrons. The van der Waals surface area contributed by atoms with Crippen LogP contribution in [0.5, 0.6) is 5.75 Å². The molecular formula is C19H28ClN3O3. The Morgan fingerprint density at radius 2 is 1.92 bits per heavy atom. The van der Waals surface area contributed by atoms with E-state index in [-0.39, 0.29) is 17.5 Å². The fourth-order valence-electron chi connectivity index (χ4n) is 2.93. The smallest absolute Gasteiger partial charge is 0.317 e. The van der Waals surface area contributed by atoms with Crippen LogP contribution in [0.4, 0.5) is 4.79 Å². The molecule has 1 fully saturated rings. The van der Waals surface area contributed by atoms with Crippen molar-refractivity contribution >= 4 is 23.5 Å². The summed E-state index contributed by atoms with van der Waals surface area (Å²) in [5, 5.41) is 6.44. The number of halogens is 1.